The number of hydrogen-bond acceptors (Lipinski definition) is 4. The first kappa shape index (κ1) is 24.1. The predicted octanol–water partition coefficient (Wildman–Crippen LogP) is 5.83. The van der Waals surface area contributed by atoms with Crippen LogP contribution in [0.3, 0.4) is 0 Å². The summed E-state index contributed by atoms with van der Waals surface area (Å²) < 4.78 is 5.48. The van der Waals surface area contributed by atoms with E-state index in [0.717, 1.165) is 36.2 Å². The molecule has 172 valence electrons. The molecule has 4 heteroatoms. The van der Waals surface area contributed by atoms with Gasteiger partial charge in [-0.25, -0.2) is 4.79 Å². The van der Waals surface area contributed by atoms with Gasteiger partial charge in [0.25, 0.3) is 0 Å². The lowest BCUT2D eigenvalue weighted by molar-refractivity contribution is -0.139. The quantitative estimate of drug-likeness (QED) is 0.344. The van der Waals surface area contributed by atoms with E-state index in [-0.39, 0.29) is 11.9 Å². The van der Waals surface area contributed by atoms with Crippen LogP contribution in [-0.4, -0.2) is 24.2 Å². The summed E-state index contributed by atoms with van der Waals surface area (Å²) in [6.07, 6.45) is 6.71. The number of nitrogens with one attached hydrogen (secondary N) is 1. The molecule has 0 aliphatic heterocycles. The lowest BCUT2D eigenvalue weighted by atomic mass is 9.70. The van der Waals surface area contributed by atoms with Gasteiger partial charge in [0.2, 0.25) is 0 Å². The number of benzene rings is 2. The molecule has 2 aromatic carbocycles. The highest BCUT2D eigenvalue weighted by molar-refractivity contribution is 5.91. The van der Waals surface area contributed by atoms with Crippen molar-refractivity contribution in [3.63, 3.8) is 0 Å². The fraction of sp³-hybridized carbons (Fsp3) is 0.464. The minimum Gasteiger partial charge on any atom is -0.463 e. The van der Waals surface area contributed by atoms with Gasteiger partial charge < -0.3 is 15.2 Å². The average molecular weight is 436 g/mol. The molecule has 3 rings (SSSR count). The maximum Gasteiger partial charge on any atom is 0.336 e. The molecule has 1 aliphatic carbocycles. The normalized spacial score (nSPS) is 20.8. The molecule has 2 N–H and O–H groups in total. The van der Waals surface area contributed by atoms with Crippen LogP contribution in [0.1, 0.15) is 75.8 Å². The molecular weight excluding hydrogens is 398 g/mol. The van der Waals surface area contributed by atoms with Crippen molar-refractivity contribution >= 4 is 5.97 Å². The van der Waals surface area contributed by atoms with Crippen molar-refractivity contribution in [2.45, 2.75) is 70.3 Å². The maximum atomic E-state index is 13.1. The second kappa shape index (κ2) is 11.9. The van der Waals surface area contributed by atoms with Crippen molar-refractivity contribution < 1.29 is 14.6 Å². The van der Waals surface area contributed by atoms with Gasteiger partial charge in [-0.2, -0.15) is 0 Å². The van der Waals surface area contributed by atoms with E-state index in [1.54, 1.807) is 0 Å². The summed E-state index contributed by atoms with van der Waals surface area (Å²) in [5.74, 6) is -0.526. The Kier molecular flexibility index (Phi) is 8.92. The molecule has 0 aromatic heterocycles. The summed E-state index contributed by atoms with van der Waals surface area (Å²) in [5.41, 5.74) is 2.32. The van der Waals surface area contributed by atoms with Crippen LogP contribution in [0.4, 0.5) is 0 Å². The molecule has 0 radical (unpaired) electrons. The first-order valence-electron chi connectivity index (χ1n) is 12.1. The Bertz CT molecular complexity index is 878. The van der Waals surface area contributed by atoms with Crippen LogP contribution in [0.15, 0.2) is 71.9 Å². The Balaban J connectivity index is 1.96. The number of rotatable bonds is 11. The molecule has 0 saturated carbocycles. The molecule has 0 amide bonds. The minimum atomic E-state index is -1.05. The van der Waals surface area contributed by atoms with Gasteiger partial charge in [-0.1, -0.05) is 93.3 Å². The van der Waals surface area contributed by atoms with E-state index in [0.29, 0.717) is 25.0 Å². The van der Waals surface area contributed by atoms with Crippen LogP contribution in [-0.2, 0) is 15.1 Å². The summed E-state index contributed by atoms with van der Waals surface area (Å²) >= 11 is 0. The fourth-order valence-corrected chi connectivity index (χ4v) is 4.65. The average Bonchev–Trinajstić information content (AvgIpc) is 2.82. The van der Waals surface area contributed by atoms with E-state index in [1.165, 1.54) is 19.3 Å². The lowest BCUT2D eigenvalue weighted by Gasteiger charge is -2.40. The van der Waals surface area contributed by atoms with E-state index >= 15 is 0 Å². The Hall–Kier alpha value is -2.59. The van der Waals surface area contributed by atoms with Crippen LogP contribution in [0, 0.1) is 0 Å². The van der Waals surface area contributed by atoms with Crippen LogP contribution in [0.25, 0.3) is 0 Å². The molecule has 0 spiro atoms. The minimum absolute atomic E-state index is 0.239. The van der Waals surface area contributed by atoms with E-state index in [1.807, 2.05) is 67.6 Å². The number of carbonyl (C=O) groups excluding carboxylic acids is 1. The zero-order chi connectivity index (χ0) is 22.8. The number of aliphatic hydroxyl groups is 1. The Labute approximate surface area is 192 Å². The largest absolute Gasteiger partial charge is 0.463 e. The SMILES string of the molecule is CCCCCCCNC1=C(C(=O)OCC)[C@@H](c2ccccc2)C[C@@](O)(c2ccccc2)C1. The molecule has 1 aliphatic rings. The van der Waals surface area contributed by atoms with Crippen molar-refractivity contribution in [2.24, 2.45) is 0 Å². The summed E-state index contributed by atoms with van der Waals surface area (Å²) in [5, 5.41) is 15.4. The third-order valence-electron chi connectivity index (χ3n) is 6.31. The smallest absolute Gasteiger partial charge is 0.336 e. The van der Waals surface area contributed by atoms with Crippen molar-refractivity contribution in [1.82, 2.24) is 5.32 Å². The first-order valence-corrected chi connectivity index (χ1v) is 12.1. The summed E-state index contributed by atoms with van der Waals surface area (Å²) in [6.45, 7) is 5.16. The zero-order valence-electron chi connectivity index (χ0n) is 19.5. The number of hydrogen-bond donors (Lipinski definition) is 2. The molecule has 0 bridgehead atoms. The molecule has 0 unspecified atom stereocenters. The van der Waals surface area contributed by atoms with Gasteiger partial charge in [0, 0.05) is 24.6 Å². The van der Waals surface area contributed by atoms with Crippen LogP contribution >= 0.6 is 0 Å². The van der Waals surface area contributed by atoms with E-state index in [9.17, 15) is 9.90 Å². The molecule has 0 saturated heterocycles. The molecular formula is C28H37NO3. The second-order valence-electron chi connectivity index (χ2n) is 8.70. The van der Waals surface area contributed by atoms with Crippen molar-refractivity contribution in [1.29, 1.82) is 0 Å². The highest BCUT2D eigenvalue weighted by atomic mass is 16.5. The van der Waals surface area contributed by atoms with Gasteiger partial charge in [0.1, 0.15) is 0 Å². The zero-order valence-corrected chi connectivity index (χ0v) is 19.5. The molecule has 32 heavy (non-hydrogen) atoms. The third-order valence-corrected chi connectivity index (χ3v) is 6.31. The second-order valence-corrected chi connectivity index (χ2v) is 8.70. The van der Waals surface area contributed by atoms with Crippen molar-refractivity contribution in [3.8, 4) is 0 Å². The highest BCUT2D eigenvalue weighted by Crippen LogP contribution is 2.46. The standard InChI is InChI=1S/C28H37NO3/c1-3-5-6-7-14-19-29-25-21-28(31,23-17-12-9-13-18-23)20-24(22-15-10-8-11-16-22)26(25)27(30)32-4-2/h8-13,15-18,24,29,31H,3-7,14,19-21H2,1-2H3/t24-,28+/m1/s1. The first-order chi connectivity index (χ1) is 15.6. The van der Waals surface area contributed by atoms with Gasteiger partial charge in [-0.05, 0) is 30.9 Å². The summed E-state index contributed by atoms with van der Waals surface area (Å²) in [7, 11) is 0. The highest BCUT2D eigenvalue weighted by Gasteiger charge is 2.43. The number of carbonyl (C=O) groups is 1. The van der Waals surface area contributed by atoms with Crippen LogP contribution in [0.5, 0.6) is 0 Å². The van der Waals surface area contributed by atoms with Gasteiger partial charge in [0.05, 0.1) is 17.8 Å². The molecule has 4 nitrogen and oxygen atoms in total. The fourth-order valence-electron chi connectivity index (χ4n) is 4.65. The number of ether oxygens (including phenoxy) is 1. The predicted molar refractivity (Wildman–Crippen MR) is 129 cm³/mol. The Morgan fingerprint density at radius 1 is 1.00 bits per heavy atom. The van der Waals surface area contributed by atoms with Crippen molar-refractivity contribution in [2.75, 3.05) is 13.2 Å². The lowest BCUT2D eigenvalue weighted by Crippen LogP contribution is -2.39. The molecule has 2 atom stereocenters. The molecule has 2 aromatic rings. The third kappa shape index (κ3) is 6.01. The topological polar surface area (TPSA) is 58.6 Å². The van der Waals surface area contributed by atoms with Gasteiger partial charge in [0.15, 0.2) is 0 Å². The summed E-state index contributed by atoms with van der Waals surface area (Å²) in [6, 6.07) is 19.8. The van der Waals surface area contributed by atoms with Crippen molar-refractivity contribution in [3.05, 3.63) is 83.1 Å². The summed E-state index contributed by atoms with van der Waals surface area (Å²) in [4.78, 5) is 13.1. The number of unbranched alkanes of at least 4 members (excludes halogenated alkanes) is 4. The Morgan fingerprint density at radius 2 is 1.66 bits per heavy atom. The maximum absolute atomic E-state index is 13.1. The van der Waals surface area contributed by atoms with Gasteiger partial charge in [-0.3, -0.25) is 0 Å². The molecule has 0 fully saturated rings. The van der Waals surface area contributed by atoms with Gasteiger partial charge in [-0.15, -0.1) is 0 Å². The van der Waals surface area contributed by atoms with Crippen LogP contribution < -0.4 is 5.32 Å². The van der Waals surface area contributed by atoms with E-state index in [4.69, 9.17) is 4.74 Å². The number of esters is 1. The van der Waals surface area contributed by atoms with Gasteiger partial charge >= 0.3 is 5.97 Å². The Morgan fingerprint density at radius 3 is 2.31 bits per heavy atom. The van der Waals surface area contributed by atoms with Crippen LogP contribution in [0.2, 0.25) is 0 Å². The molecule has 0 heterocycles. The monoisotopic (exact) mass is 435 g/mol. The van der Waals surface area contributed by atoms with E-state index in [2.05, 4.69) is 12.2 Å². The van der Waals surface area contributed by atoms with E-state index < -0.39 is 5.60 Å².